The summed E-state index contributed by atoms with van der Waals surface area (Å²) >= 11 is 1.65. The molecule has 2 aromatic rings. The topological polar surface area (TPSA) is 66.6 Å². The van der Waals surface area contributed by atoms with E-state index in [9.17, 15) is 0 Å². The standard InChI is InChI=1S/C14H16N2O3S/c1-8-9(2)20-14(16-8)6-17-11-4-13-12(18-7-19-13)3-10(11)5-15/h3-4H,5-7,15H2,1-2H3. The molecule has 1 aliphatic heterocycles. The minimum Gasteiger partial charge on any atom is -0.486 e. The Morgan fingerprint density at radius 3 is 2.70 bits per heavy atom. The number of aryl methyl sites for hydroxylation is 2. The lowest BCUT2D eigenvalue weighted by atomic mass is 10.2. The number of hydrogen-bond donors (Lipinski definition) is 1. The van der Waals surface area contributed by atoms with Gasteiger partial charge in [-0.1, -0.05) is 0 Å². The predicted octanol–water partition coefficient (Wildman–Crippen LogP) is 2.53. The van der Waals surface area contributed by atoms with E-state index in [4.69, 9.17) is 19.9 Å². The molecular weight excluding hydrogens is 276 g/mol. The minimum absolute atomic E-state index is 0.244. The number of hydrogen-bond acceptors (Lipinski definition) is 6. The van der Waals surface area contributed by atoms with Gasteiger partial charge in [-0.05, 0) is 19.9 Å². The van der Waals surface area contributed by atoms with Gasteiger partial charge in [0.25, 0.3) is 0 Å². The molecular formula is C14H16N2O3S. The van der Waals surface area contributed by atoms with Gasteiger partial charge in [0.05, 0.1) is 5.69 Å². The first-order chi connectivity index (χ1) is 9.67. The summed E-state index contributed by atoms with van der Waals surface area (Å²) in [7, 11) is 0. The van der Waals surface area contributed by atoms with Crippen molar-refractivity contribution in [3.05, 3.63) is 33.3 Å². The van der Waals surface area contributed by atoms with Crippen LogP contribution in [0.2, 0.25) is 0 Å². The Kier molecular flexibility index (Phi) is 3.50. The fourth-order valence-corrected chi connectivity index (χ4v) is 2.85. The average molecular weight is 292 g/mol. The van der Waals surface area contributed by atoms with E-state index in [1.807, 2.05) is 19.1 Å². The van der Waals surface area contributed by atoms with E-state index < -0.39 is 0 Å². The first-order valence-corrected chi connectivity index (χ1v) is 7.17. The van der Waals surface area contributed by atoms with Crippen LogP contribution in [0, 0.1) is 13.8 Å². The molecule has 1 aromatic carbocycles. The number of nitrogens with zero attached hydrogens (tertiary/aromatic N) is 1. The Hall–Kier alpha value is -1.79. The van der Waals surface area contributed by atoms with Crippen molar-refractivity contribution >= 4 is 11.3 Å². The number of nitrogens with two attached hydrogens (primary N) is 1. The van der Waals surface area contributed by atoms with Gasteiger partial charge in [-0.15, -0.1) is 11.3 Å². The second-order valence-corrected chi connectivity index (χ2v) is 5.84. The zero-order valence-corrected chi connectivity index (χ0v) is 12.3. The fraction of sp³-hybridized carbons (Fsp3) is 0.357. The van der Waals surface area contributed by atoms with Gasteiger partial charge in [-0.3, -0.25) is 0 Å². The van der Waals surface area contributed by atoms with Crippen LogP contribution in [0.25, 0.3) is 0 Å². The van der Waals surface area contributed by atoms with Crippen molar-refractivity contribution in [2.24, 2.45) is 5.73 Å². The Bertz CT molecular complexity index is 620. The van der Waals surface area contributed by atoms with Crippen molar-refractivity contribution < 1.29 is 14.2 Å². The molecule has 0 bridgehead atoms. The number of thiazole rings is 1. The summed E-state index contributed by atoms with van der Waals surface area (Å²) in [5, 5.41) is 0.959. The molecule has 3 rings (SSSR count). The average Bonchev–Trinajstić information content (AvgIpc) is 3.02. The predicted molar refractivity (Wildman–Crippen MR) is 76.4 cm³/mol. The normalized spacial score (nSPS) is 12.8. The van der Waals surface area contributed by atoms with E-state index in [2.05, 4.69) is 11.9 Å². The molecule has 0 aliphatic carbocycles. The second kappa shape index (κ2) is 5.30. The third kappa shape index (κ3) is 2.44. The maximum Gasteiger partial charge on any atom is 0.231 e. The van der Waals surface area contributed by atoms with Crippen LogP contribution >= 0.6 is 11.3 Å². The number of ether oxygens (including phenoxy) is 3. The van der Waals surface area contributed by atoms with Gasteiger partial charge in [0.15, 0.2) is 11.5 Å². The zero-order chi connectivity index (χ0) is 14.1. The second-order valence-electron chi connectivity index (χ2n) is 4.56. The fourth-order valence-electron chi connectivity index (χ4n) is 2.00. The molecule has 0 spiro atoms. The Labute approximate surface area is 121 Å². The van der Waals surface area contributed by atoms with E-state index in [0.717, 1.165) is 27.8 Å². The Morgan fingerprint density at radius 2 is 2.05 bits per heavy atom. The number of fused-ring (bicyclic) bond motifs is 1. The number of benzene rings is 1. The van der Waals surface area contributed by atoms with Crippen LogP contribution in [0.4, 0.5) is 0 Å². The number of aromatic nitrogens is 1. The highest BCUT2D eigenvalue weighted by Crippen LogP contribution is 2.38. The maximum absolute atomic E-state index is 5.84. The smallest absolute Gasteiger partial charge is 0.231 e. The summed E-state index contributed by atoms with van der Waals surface area (Å²) in [5.41, 5.74) is 7.71. The van der Waals surface area contributed by atoms with Gasteiger partial charge in [-0.2, -0.15) is 0 Å². The highest BCUT2D eigenvalue weighted by Gasteiger charge is 2.18. The molecule has 0 unspecified atom stereocenters. The van der Waals surface area contributed by atoms with E-state index in [-0.39, 0.29) is 6.79 Å². The minimum atomic E-state index is 0.244. The van der Waals surface area contributed by atoms with Gasteiger partial charge in [0.1, 0.15) is 17.4 Å². The molecule has 2 heterocycles. The summed E-state index contributed by atoms with van der Waals surface area (Å²) in [6, 6.07) is 3.70. The van der Waals surface area contributed by atoms with Crippen LogP contribution in [0.15, 0.2) is 12.1 Å². The van der Waals surface area contributed by atoms with Crippen LogP contribution in [0.1, 0.15) is 21.1 Å². The van der Waals surface area contributed by atoms with E-state index in [1.165, 1.54) is 4.88 Å². The van der Waals surface area contributed by atoms with Crippen LogP contribution in [-0.2, 0) is 13.2 Å². The molecule has 0 saturated carbocycles. The molecule has 0 fully saturated rings. The molecule has 6 heteroatoms. The summed E-state index contributed by atoms with van der Waals surface area (Å²) < 4.78 is 16.5. The summed E-state index contributed by atoms with van der Waals surface area (Å²) in [6.07, 6.45) is 0. The van der Waals surface area contributed by atoms with Crippen molar-refractivity contribution in [3.63, 3.8) is 0 Å². The summed E-state index contributed by atoms with van der Waals surface area (Å²) in [4.78, 5) is 5.68. The lowest BCUT2D eigenvalue weighted by Gasteiger charge is -2.10. The molecule has 0 atom stereocenters. The van der Waals surface area contributed by atoms with Crippen molar-refractivity contribution in [1.82, 2.24) is 4.98 Å². The van der Waals surface area contributed by atoms with Crippen LogP contribution in [-0.4, -0.2) is 11.8 Å². The van der Waals surface area contributed by atoms with Crippen molar-refractivity contribution in [1.29, 1.82) is 0 Å². The van der Waals surface area contributed by atoms with Crippen molar-refractivity contribution in [3.8, 4) is 17.2 Å². The molecule has 1 aromatic heterocycles. The third-order valence-electron chi connectivity index (χ3n) is 3.20. The maximum atomic E-state index is 5.84. The molecule has 106 valence electrons. The molecule has 0 saturated heterocycles. The van der Waals surface area contributed by atoms with E-state index in [0.29, 0.717) is 18.9 Å². The molecule has 0 radical (unpaired) electrons. The lowest BCUT2D eigenvalue weighted by Crippen LogP contribution is -2.02. The van der Waals surface area contributed by atoms with Crippen LogP contribution in [0.5, 0.6) is 17.2 Å². The van der Waals surface area contributed by atoms with Crippen molar-refractivity contribution in [2.45, 2.75) is 27.0 Å². The van der Waals surface area contributed by atoms with Gasteiger partial charge in [-0.25, -0.2) is 4.98 Å². The molecule has 1 aliphatic rings. The monoisotopic (exact) mass is 292 g/mol. The molecule has 2 N–H and O–H groups in total. The van der Waals surface area contributed by atoms with Gasteiger partial charge in [0, 0.05) is 23.1 Å². The summed E-state index contributed by atoms with van der Waals surface area (Å²) in [6.45, 7) is 5.13. The van der Waals surface area contributed by atoms with Gasteiger partial charge >= 0.3 is 0 Å². The van der Waals surface area contributed by atoms with Gasteiger partial charge in [0.2, 0.25) is 6.79 Å². The van der Waals surface area contributed by atoms with Crippen LogP contribution in [0.3, 0.4) is 0 Å². The highest BCUT2D eigenvalue weighted by molar-refractivity contribution is 7.11. The van der Waals surface area contributed by atoms with Crippen LogP contribution < -0.4 is 19.9 Å². The highest BCUT2D eigenvalue weighted by atomic mass is 32.1. The molecule has 20 heavy (non-hydrogen) atoms. The zero-order valence-electron chi connectivity index (χ0n) is 11.4. The van der Waals surface area contributed by atoms with Gasteiger partial charge < -0.3 is 19.9 Å². The third-order valence-corrected chi connectivity index (χ3v) is 4.25. The lowest BCUT2D eigenvalue weighted by molar-refractivity contribution is 0.173. The van der Waals surface area contributed by atoms with E-state index in [1.54, 1.807) is 11.3 Å². The molecule has 0 amide bonds. The first kappa shape index (κ1) is 13.2. The molecule has 5 nitrogen and oxygen atoms in total. The Balaban J connectivity index is 1.79. The largest absolute Gasteiger partial charge is 0.486 e. The SMILES string of the molecule is Cc1nc(COc2cc3c(cc2CN)OCO3)sc1C. The first-order valence-electron chi connectivity index (χ1n) is 6.35. The van der Waals surface area contributed by atoms with Crippen molar-refractivity contribution in [2.75, 3.05) is 6.79 Å². The Morgan fingerprint density at radius 1 is 1.30 bits per heavy atom. The quantitative estimate of drug-likeness (QED) is 0.938. The summed E-state index contributed by atoms with van der Waals surface area (Å²) in [5.74, 6) is 2.14. The van der Waals surface area contributed by atoms with E-state index >= 15 is 0 Å². The number of rotatable bonds is 4.